The van der Waals surface area contributed by atoms with E-state index in [1.807, 2.05) is 13.8 Å². The molecule has 0 saturated heterocycles. The Labute approximate surface area is 209 Å². The lowest BCUT2D eigenvalue weighted by Crippen LogP contribution is -2.31. The average molecular weight is 528 g/mol. The van der Waals surface area contributed by atoms with E-state index in [0.29, 0.717) is 26.1 Å². The Morgan fingerprint density at radius 1 is 0.722 bits per heavy atom. The zero-order valence-corrected chi connectivity index (χ0v) is 21.3. The summed E-state index contributed by atoms with van der Waals surface area (Å²) in [7, 11) is 0. The highest BCUT2D eigenvalue weighted by Gasteiger charge is 2.28. The van der Waals surface area contributed by atoms with Gasteiger partial charge in [-0.2, -0.15) is 8.78 Å². The molecule has 1 atom stereocenters. The molecule has 1 unspecified atom stereocenters. The van der Waals surface area contributed by atoms with Gasteiger partial charge in [0.05, 0.1) is 6.10 Å². The van der Waals surface area contributed by atoms with Crippen molar-refractivity contribution in [2.75, 3.05) is 19.8 Å². The van der Waals surface area contributed by atoms with Gasteiger partial charge >= 0.3 is 6.09 Å². The average Bonchev–Trinajstić information content (AvgIpc) is 2.86. The second-order valence-corrected chi connectivity index (χ2v) is 8.23. The molecule has 0 fully saturated rings. The largest absolute Gasteiger partial charge is 0.412 e. The third-order valence-corrected chi connectivity index (χ3v) is 5.38. The van der Waals surface area contributed by atoms with Gasteiger partial charge in [-0.3, -0.25) is 0 Å². The van der Waals surface area contributed by atoms with Gasteiger partial charge in [-0.25, -0.2) is 18.0 Å². The van der Waals surface area contributed by atoms with E-state index in [1.54, 1.807) is 0 Å². The van der Waals surface area contributed by atoms with Crippen LogP contribution in [-0.2, 0) is 14.2 Å². The second-order valence-electron chi connectivity index (χ2n) is 8.23. The molecule has 1 N–H and O–H groups in total. The van der Waals surface area contributed by atoms with Crippen molar-refractivity contribution in [3.05, 3.63) is 29.1 Å². The first kappa shape index (κ1) is 32.0. The van der Waals surface area contributed by atoms with Crippen LogP contribution in [0.2, 0.25) is 0 Å². The highest BCUT2D eigenvalue weighted by molar-refractivity contribution is 5.70. The number of ether oxygens (including phenoxy) is 4. The monoisotopic (exact) mass is 527 g/mol. The number of hydrogen-bond acceptors (Lipinski definition) is 5. The second kappa shape index (κ2) is 18.3. The Morgan fingerprint density at radius 2 is 1.22 bits per heavy atom. The minimum Gasteiger partial charge on any atom is -0.404 e. The molecule has 6 nitrogen and oxygen atoms in total. The minimum atomic E-state index is -2.33. The molecule has 0 spiro atoms. The molecule has 0 aliphatic rings. The molecule has 1 aromatic rings. The van der Waals surface area contributed by atoms with Gasteiger partial charge in [-0.1, -0.05) is 51.9 Å². The first-order valence-corrected chi connectivity index (χ1v) is 12.6. The maximum absolute atomic E-state index is 13.7. The lowest BCUT2D eigenvalue weighted by atomic mass is 10.0. The molecule has 36 heavy (non-hydrogen) atoms. The summed E-state index contributed by atoms with van der Waals surface area (Å²) >= 11 is 0. The van der Waals surface area contributed by atoms with Gasteiger partial charge in [0.25, 0.3) is 6.48 Å². The number of hydrogen-bond donors (Lipinski definition) is 1. The summed E-state index contributed by atoms with van der Waals surface area (Å²) in [5.41, 5.74) is 0. The van der Waals surface area contributed by atoms with Gasteiger partial charge in [-0.15, -0.1) is 0 Å². The fourth-order valence-electron chi connectivity index (χ4n) is 3.49. The molecule has 0 heterocycles. The van der Waals surface area contributed by atoms with Gasteiger partial charge in [0.2, 0.25) is 34.8 Å². The predicted octanol–water partition coefficient (Wildman–Crippen LogP) is 7.13. The van der Waals surface area contributed by atoms with E-state index < -0.39 is 47.4 Å². The number of rotatable bonds is 19. The van der Waals surface area contributed by atoms with Crippen molar-refractivity contribution in [2.24, 2.45) is 0 Å². The van der Waals surface area contributed by atoms with E-state index in [4.69, 9.17) is 14.2 Å². The van der Waals surface area contributed by atoms with Crippen LogP contribution in [0.4, 0.5) is 26.7 Å². The minimum absolute atomic E-state index is 0.0268. The summed E-state index contributed by atoms with van der Waals surface area (Å²) in [4.78, 5) is 11.9. The van der Waals surface area contributed by atoms with Crippen LogP contribution in [0, 0.1) is 29.1 Å². The van der Waals surface area contributed by atoms with E-state index in [-0.39, 0.29) is 12.6 Å². The van der Waals surface area contributed by atoms with Crippen LogP contribution in [0.5, 0.6) is 5.75 Å². The molecule has 0 aliphatic carbocycles. The molecule has 208 valence electrons. The van der Waals surface area contributed by atoms with Crippen molar-refractivity contribution in [3.8, 4) is 5.75 Å². The van der Waals surface area contributed by atoms with Crippen molar-refractivity contribution < 1.29 is 45.7 Å². The van der Waals surface area contributed by atoms with Crippen LogP contribution in [0.25, 0.3) is 0 Å². The van der Waals surface area contributed by atoms with Crippen LogP contribution < -0.4 is 10.1 Å². The first-order valence-electron chi connectivity index (χ1n) is 12.6. The fraction of sp³-hybridized carbons (Fsp3) is 0.720. The lowest BCUT2D eigenvalue weighted by molar-refractivity contribution is -0.302. The van der Waals surface area contributed by atoms with E-state index in [9.17, 15) is 26.7 Å². The van der Waals surface area contributed by atoms with Crippen LogP contribution in [0.15, 0.2) is 0 Å². The zero-order chi connectivity index (χ0) is 26.9. The van der Waals surface area contributed by atoms with Crippen LogP contribution >= 0.6 is 0 Å². The first-order chi connectivity index (χ1) is 17.3. The van der Waals surface area contributed by atoms with Gasteiger partial charge in [-0.05, 0) is 33.1 Å². The standard InChI is InChI=1S/C25H38F5NO5/c1-4-7-8-9-10-11-12-14-17(35-25(33-5-2)34-6-3)15-13-16-31-24(32)36-23-21(29)19(27)18(26)20(28)22(23)30/h17,25H,4-16H2,1-3H3,(H,31,32). The molecule has 0 saturated carbocycles. The number of halogens is 5. The topological polar surface area (TPSA) is 66.0 Å². The molecule has 0 aromatic heterocycles. The molecule has 11 heteroatoms. The summed E-state index contributed by atoms with van der Waals surface area (Å²) in [6.07, 6.45) is 8.06. The smallest absolute Gasteiger partial charge is 0.404 e. The molecule has 0 radical (unpaired) electrons. The Kier molecular flexibility index (Phi) is 16.3. The fourth-order valence-corrected chi connectivity index (χ4v) is 3.49. The summed E-state index contributed by atoms with van der Waals surface area (Å²) in [5.74, 6) is -12.8. The predicted molar refractivity (Wildman–Crippen MR) is 124 cm³/mol. The molecule has 0 bridgehead atoms. The SMILES string of the molecule is CCCCCCCCCC(CCCNC(=O)Oc1c(F)c(F)c(F)c(F)c1F)OC(OCC)OCC. The third-order valence-electron chi connectivity index (χ3n) is 5.38. The molecule has 1 aromatic carbocycles. The van der Waals surface area contributed by atoms with Crippen LogP contribution in [0.3, 0.4) is 0 Å². The maximum Gasteiger partial charge on any atom is 0.412 e. The number of amides is 1. The Bertz CT molecular complexity index is 749. The highest BCUT2D eigenvalue weighted by Crippen LogP contribution is 2.29. The highest BCUT2D eigenvalue weighted by atomic mass is 19.2. The number of unbranched alkanes of at least 4 members (excludes halogenated alkanes) is 6. The normalized spacial score (nSPS) is 12.2. The van der Waals surface area contributed by atoms with Crippen molar-refractivity contribution in [2.45, 2.75) is 97.6 Å². The summed E-state index contributed by atoms with van der Waals surface area (Å²) in [6.45, 7) is 5.82. The number of carbonyl (C=O) groups is 1. The lowest BCUT2D eigenvalue weighted by Gasteiger charge is -2.24. The summed E-state index contributed by atoms with van der Waals surface area (Å²) < 4.78 is 88.2. The number of benzene rings is 1. The molecule has 0 aliphatic heterocycles. The number of nitrogens with one attached hydrogen (secondary N) is 1. The van der Waals surface area contributed by atoms with E-state index >= 15 is 0 Å². The van der Waals surface area contributed by atoms with Crippen molar-refractivity contribution in [3.63, 3.8) is 0 Å². The van der Waals surface area contributed by atoms with Crippen molar-refractivity contribution >= 4 is 6.09 Å². The van der Waals surface area contributed by atoms with Gasteiger partial charge in [0.1, 0.15) is 0 Å². The van der Waals surface area contributed by atoms with E-state index in [1.165, 1.54) is 25.7 Å². The van der Waals surface area contributed by atoms with E-state index in [2.05, 4.69) is 17.0 Å². The Morgan fingerprint density at radius 3 is 1.78 bits per heavy atom. The number of carbonyl (C=O) groups excluding carboxylic acids is 1. The molecular weight excluding hydrogens is 489 g/mol. The van der Waals surface area contributed by atoms with Gasteiger partial charge < -0.3 is 24.3 Å². The van der Waals surface area contributed by atoms with Crippen LogP contribution in [0.1, 0.15) is 85.0 Å². The van der Waals surface area contributed by atoms with Gasteiger partial charge in [0, 0.05) is 19.8 Å². The molecule has 1 amide bonds. The van der Waals surface area contributed by atoms with E-state index in [0.717, 1.165) is 25.7 Å². The van der Waals surface area contributed by atoms with Crippen molar-refractivity contribution in [1.82, 2.24) is 5.32 Å². The summed E-state index contributed by atoms with van der Waals surface area (Å²) in [5, 5.41) is 2.24. The third kappa shape index (κ3) is 11.4. The molecular formula is C25H38F5NO5. The quantitative estimate of drug-likeness (QED) is 0.0682. The van der Waals surface area contributed by atoms with Gasteiger partial charge in [0.15, 0.2) is 0 Å². The maximum atomic E-state index is 13.7. The van der Waals surface area contributed by atoms with Crippen LogP contribution in [-0.4, -0.2) is 38.4 Å². The molecule has 1 rings (SSSR count). The van der Waals surface area contributed by atoms with Crippen molar-refractivity contribution in [1.29, 1.82) is 0 Å². The zero-order valence-electron chi connectivity index (χ0n) is 21.3. The Balaban J connectivity index is 2.56. The Hall–Kier alpha value is -1.98. The summed E-state index contributed by atoms with van der Waals surface area (Å²) in [6, 6.07) is 0.